The number of hydrogen-bond acceptors (Lipinski definition) is 4. The van der Waals surface area contributed by atoms with Gasteiger partial charge >= 0.3 is 0 Å². The Hall–Kier alpha value is -0.850. The Kier molecular flexibility index (Phi) is 6.43. The smallest absolute Gasteiger partial charge is 0.242 e. The first-order valence-electron chi connectivity index (χ1n) is 7.27. The van der Waals surface area contributed by atoms with Crippen LogP contribution in [0.4, 0.5) is 5.82 Å². The number of rotatable bonds is 8. The largest absolute Gasteiger partial charge is 0.369 e. The van der Waals surface area contributed by atoms with Crippen molar-refractivity contribution in [2.24, 2.45) is 0 Å². The fourth-order valence-corrected chi connectivity index (χ4v) is 4.06. The minimum Gasteiger partial charge on any atom is -0.369 e. The number of hydrogen-bond donors (Lipinski definition) is 2. The molecule has 0 aromatic carbocycles. The second kappa shape index (κ2) is 7.42. The van der Waals surface area contributed by atoms with Crippen LogP contribution >= 0.6 is 11.6 Å². The molecule has 120 valence electrons. The van der Waals surface area contributed by atoms with E-state index in [0.717, 1.165) is 19.3 Å². The van der Waals surface area contributed by atoms with Crippen LogP contribution in [0, 0.1) is 0 Å². The van der Waals surface area contributed by atoms with Gasteiger partial charge in [0.25, 0.3) is 0 Å². The van der Waals surface area contributed by atoms with E-state index in [4.69, 9.17) is 11.6 Å². The Bertz CT molecular complexity index is 563. The summed E-state index contributed by atoms with van der Waals surface area (Å²) in [5.74, 6) is 0.492. The molecule has 0 aliphatic carbocycles. The lowest BCUT2D eigenvalue weighted by molar-refractivity contribution is 0.341. The molecule has 1 aromatic rings. The highest BCUT2D eigenvalue weighted by Crippen LogP contribution is 2.26. The standard InChI is InChI=1S/C14H24ClN3O2S/c1-5-14(6-2,7-3)18-21(19,20)11-9-12(15)13(16-8-4)17-10-11/h9-10,18H,5-8H2,1-4H3,(H,16,17). The van der Waals surface area contributed by atoms with Crippen LogP contribution < -0.4 is 10.0 Å². The summed E-state index contributed by atoms with van der Waals surface area (Å²) in [5.41, 5.74) is -0.425. The summed E-state index contributed by atoms with van der Waals surface area (Å²) in [5, 5.41) is 3.28. The molecule has 0 saturated heterocycles. The zero-order chi connectivity index (χ0) is 16.1. The monoisotopic (exact) mass is 333 g/mol. The van der Waals surface area contributed by atoms with Crippen molar-refractivity contribution in [1.29, 1.82) is 0 Å². The van der Waals surface area contributed by atoms with Crippen molar-refractivity contribution >= 4 is 27.4 Å². The molecule has 0 aliphatic heterocycles. The predicted octanol–water partition coefficient (Wildman–Crippen LogP) is 3.41. The van der Waals surface area contributed by atoms with Crippen LogP contribution in [0.1, 0.15) is 47.0 Å². The minimum absolute atomic E-state index is 0.0916. The predicted molar refractivity (Wildman–Crippen MR) is 87.3 cm³/mol. The average Bonchev–Trinajstić information content (AvgIpc) is 2.47. The van der Waals surface area contributed by atoms with Crippen molar-refractivity contribution in [2.45, 2.75) is 57.4 Å². The van der Waals surface area contributed by atoms with Gasteiger partial charge in [0.05, 0.1) is 5.02 Å². The number of nitrogens with one attached hydrogen (secondary N) is 2. The fourth-order valence-electron chi connectivity index (χ4n) is 2.18. The van der Waals surface area contributed by atoms with Crippen molar-refractivity contribution in [2.75, 3.05) is 11.9 Å². The molecule has 21 heavy (non-hydrogen) atoms. The van der Waals surface area contributed by atoms with Crippen molar-refractivity contribution in [1.82, 2.24) is 9.71 Å². The van der Waals surface area contributed by atoms with Crippen LogP contribution in [0.25, 0.3) is 0 Å². The Morgan fingerprint density at radius 2 is 1.76 bits per heavy atom. The van der Waals surface area contributed by atoms with Gasteiger partial charge in [-0.05, 0) is 32.3 Å². The summed E-state index contributed by atoms with van der Waals surface area (Å²) in [4.78, 5) is 4.17. The molecule has 0 spiro atoms. The Labute approximate surface area is 132 Å². The summed E-state index contributed by atoms with van der Waals surface area (Å²) in [7, 11) is -3.63. The maximum absolute atomic E-state index is 12.5. The van der Waals surface area contributed by atoms with Crippen LogP contribution in [0.2, 0.25) is 5.02 Å². The molecule has 0 saturated carbocycles. The van der Waals surface area contributed by atoms with E-state index in [1.54, 1.807) is 0 Å². The summed E-state index contributed by atoms with van der Waals surface area (Å²) in [6.45, 7) is 8.53. The van der Waals surface area contributed by atoms with E-state index in [2.05, 4.69) is 15.0 Å². The topological polar surface area (TPSA) is 71.1 Å². The third kappa shape index (κ3) is 4.31. The van der Waals surface area contributed by atoms with E-state index >= 15 is 0 Å². The summed E-state index contributed by atoms with van der Waals surface area (Å²) in [6, 6.07) is 1.43. The number of sulfonamides is 1. The van der Waals surface area contributed by atoms with E-state index in [9.17, 15) is 8.42 Å². The molecule has 0 radical (unpaired) electrons. The van der Waals surface area contributed by atoms with Gasteiger partial charge < -0.3 is 5.32 Å². The lowest BCUT2D eigenvalue weighted by atomic mass is 9.91. The molecule has 7 heteroatoms. The van der Waals surface area contributed by atoms with Gasteiger partial charge in [0.2, 0.25) is 10.0 Å². The SMILES string of the molecule is CCNc1ncc(S(=O)(=O)NC(CC)(CC)CC)cc1Cl. The van der Waals surface area contributed by atoms with E-state index in [1.165, 1.54) is 12.3 Å². The fraction of sp³-hybridized carbons (Fsp3) is 0.643. The van der Waals surface area contributed by atoms with Crippen LogP contribution in [0.15, 0.2) is 17.2 Å². The molecule has 1 heterocycles. The van der Waals surface area contributed by atoms with Gasteiger partial charge in [-0.15, -0.1) is 0 Å². The molecular weight excluding hydrogens is 310 g/mol. The number of aromatic nitrogens is 1. The first-order valence-corrected chi connectivity index (χ1v) is 9.13. The molecule has 0 unspecified atom stereocenters. The maximum atomic E-state index is 12.5. The molecule has 2 N–H and O–H groups in total. The third-order valence-electron chi connectivity index (χ3n) is 3.85. The third-order valence-corrected chi connectivity index (χ3v) is 5.69. The van der Waals surface area contributed by atoms with Gasteiger partial charge in [-0.1, -0.05) is 32.4 Å². The van der Waals surface area contributed by atoms with Crippen LogP contribution in [-0.2, 0) is 10.0 Å². The summed E-state index contributed by atoms with van der Waals surface area (Å²) in [6.07, 6.45) is 3.53. The van der Waals surface area contributed by atoms with Gasteiger partial charge in [-0.2, -0.15) is 0 Å². The molecule has 0 bridgehead atoms. The van der Waals surface area contributed by atoms with Crippen molar-refractivity contribution in [3.63, 3.8) is 0 Å². The normalized spacial score (nSPS) is 12.4. The van der Waals surface area contributed by atoms with Gasteiger partial charge in [-0.3, -0.25) is 0 Å². The molecule has 5 nitrogen and oxygen atoms in total. The first-order chi connectivity index (χ1) is 9.84. The van der Waals surface area contributed by atoms with Gasteiger partial charge in [-0.25, -0.2) is 18.1 Å². The van der Waals surface area contributed by atoms with Crippen LogP contribution in [0.5, 0.6) is 0 Å². The van der Waals surface area contributed by atoms with E-state index < -0.39 is 15.6 Å². The van der Waals surface area contributed by atoms with Gasteiger partial charge in [0.15, 0.2) is 0 Å². The molecule has 0 atom stereocenters. The highest BCUT2D eigenvalue weighted by molar-refractivity contribution is 7.89. The molecular formula is C14H24ClN3O2S. The Morgan fingerprint density at radius 1 is 1.19 bits per heavy atom. The molecule has 1 aromatic heterocycles. The molecule has 0 aliphatic rings. The van der Waals surface area contributed by atoms with Crippen LogP contribution in [0.3, 0.4) is 0 Å². The van der Waals surface area contributed by atoms with Gasteiger partial charge in [0.1, 0.15) is 10.7 Å². The van der Waals surface area contributed by atoms with E-state index in [-0.39, 0.29) is 4.90 Å². The summed E-state index contributed by atoms with van der Waals surface area (Å²) < 4.78 is 27.8. The van der Waals surface area contributed by atoms with Crippen molar-refractivity contribution in [3.05, 3.63) is 17.3 Å². The van der Waals surface area contributed by atoms with E-state index in [1.807, 2.05) is 27.7 Å². The molecule has 1 rings (SSSR count). The van der Waals surface area contributed by atoms with Crippen molar-refractivity contribution < 1.29 is 8.42 Å². The Balaban J connectivity index is 3.11. The number of nitrogens with zero attached hydrogens (tertiary/aromatic N) is 1. The second-order valence-corrected chi connectivity index (χ2v) is 7.07. The summed E-state index contributed by atoms with van der Waals surface area (Å²) >= 11 is 6.07. The van der Waals surface area contributed by atoms with Crippen molar-refractivity contribution in [3.8, 4) is 0 Å². The zero-order valence-electron chi connectivity index (χ0n) is 13.0. The molecule has 0 fully saturated rings. The number of pyridine rings is 1. The first kappa shape index (κ1) is 18.2. The number of anilines is 1. The van der Waals surface area contributed by atoms with Crippen LogP contribution in [-0.4, -0.2) is 25.5 Å². The highest BCUT2D eigenvalue weighted by Gasteiger charge is 2.30. The zero-order valence-corrected chi connectivity index (χ0v) is 14.6. The average molecular weight is 334 g/mol. The Morgan fingerprint density at radius 3 is 2.19 bits per heavy atom. The lowest BCUT2D eigenvalue weighted by Crippen LogP contribution is -2.46. The minimum atomic E-state index is -3.63. The lowest BCUT2D eigenvalue weighted by Gasteiger charge is -2.31. The maximum Gasteiger partial charge on any atom is 0.242 e. The quantitative estimate of drug-likeness (QED) is 0.764. The number of halogens is 1. The van der Waals surface area contributed by atoms with E-state index in [0.29, 0.717) is 17.4 Å². The second-order valence-electron chi connectivity index (χ2n) is 4.98. The molecule has 0 amide bonds. The van der Waals surface area contributed by atoms with Gasteiger partial charge in [0, 0.05) is 18.3 Å². The highest BCUT2D eigenvalue weighted by atomic mass is 35.5.